The van der Waals surface area contributed by atoms with Gasteiger partial charge < -0.3 is 15.4 Å². The van der Waals surface area contributed by atoms with Gasteiger partial charge >= 0.3 is 5.97 Å². The lowest BCUT2D eigenvalue weighted by atomic mass is 9.93. The number of esters is 1. The number of nitrogens with zero attached hydrogens (tertiary/aromatic N) is 2. The summed E-state index contributed by atoms with van der Waals surface area (Å²) < 4.78 is 5.03. The van der Waals surface area contributed by atoms with Crippen molar-refractivity contribution in [2.45, 2.75) is 45.4 Å². The number of piperidine rings is 1. The molecule has 0 spiro atoms. The second kappa shape index (κ2) is 7.85. The van der Waals surface area contributed by atoms with Gasteiger partial charge in [0, 0.05) is 37.7 Å². The SMILES string of the molecule is CCOC(=O)CC1CCN(c2ncc(C(=O)CC3CC3)cc2N)CC1. The maximum Gasteiger partial charge on any atom is 0.306 e. The summed E-state index contributed by atoms with van der Waals surface area (Å²) in [5.41, 5.74) is 7.34. The predicted molar refractivity (Wildman–Crippen MR) is 96.5 cm³/mol. The molecule has 6 nitrogen and oxygen atoms in total. The van der Waals surface area contributed by atoms with Gasteiger partial charge in [0.1, 0.15) is 0 Å². The second-order valence-corrected chi connectivity index (χ2v) is 7.15. The summed E-state index contributed by atoms with van der Waals surface area (Å²) in [5.74, 6) is 1.69. The van der Waals surface area contributed by atoms with Crippen molar-refractivity contribution in [3.8, 4) is 0 Å². The molecule has 25 heavy (non-hydrogen) atoms. The van der Waals surface area contributed by atoms with Gasteiger partial charge in [-0.05, 0) is 50.5 Å². The average Bonchev–Trinajstić information content (AvgIpc) is 3.40. The van der Waals surface area contributed by atoms with E-state index in [0.717, 1.165) is 44.6 Å². The van der Waals surface area contributed by atoms with E-state index in [4.69, 9.17) is 10.5 Å². The Labute approximate surface area is 148 Å². The van der Waals surface area contributed by atoms with E-state index in [0.29, 0.717) is 42.5 Å². The Hall–Kier alpha value is -2.11. The third-order valence-electron chi connectivity index (χ3n) is 5.06. The molecule has 1 aliphatic heterocycles. The van der Waals surface area contributed by atoms with Gasteiger partial charge in [0.25, 0.3) is 0 Å². The van der Waals surface area contributed by atoms with Crippen LogP contribution in [0.25, 0.3) is 0 Å². The fraction of sp³-hybridized carbons (Fsp3) is 0.632. The van der Waals surface area contributed by atoms with Crippen LogP contribution >= 0.6 is 0 Å². The van der Waals surface area contributed by atoms with Crippen molar-refractivity contribution in [1.29, 1.82) is 0 Å². The van der Waals surface area contributed by atoms with Crippen LogP contribution in [0, 0.1) is 11.8 Å². The number of ketones is 1. The van der Waals surface area contributed by atoms with Crippen LogP contribution in [0.5, 0.6) is 0 Å². The molecule has 3 rings (SSSR count). The number of pyridine rings is 1. The summed E-state index contributed by atoms with van der Waals surface area (Å²) in [5, 5.41) is 0. The average molecular weight is 345 g/mol. The molecule has 0 unspecified atom stereocenters. The molecule has 2 N–H and O–H groups in total. The lowest BCUT2D eigenvalue weighted by Crippen LogP contribution is -2.35. The van der Waals surface area contributed by atoms with Crippen LogP contribution in [0.2, 0.25) is 0 Å². The highest BCUT2D eigenvalue weighted by Gasteiger charge is 2.26. The Morgan fingerprint density at radius 1 is 1.20 bits per heavy atom. The number of hydrogen-bond acceptors (Lipinski definition) is 6. The number of carbonyl (C=O) groups is 2. The maximum absolute atomic E-state index is 12.2. The summed E-state index contributed by atoms with van der Waals surface area (Å²) in [6.45, 7) is 3.89. The number of anilines is 2. The number of hydrogen-bond donors (Lipinski definition) is 1. The normalized spacial score (nSPS) is 18.2. The van der Waals surface area contributed by atoms with Crippen LogP contribution in [0.4, 0.5) is 11.5 Å². The van der Waals surface area contributed by atoms with Gasteiger partial charge in [-0.25, -0.2) is 4.98 Å². The molecule has 2 fully saturated rings. The topological polar surface area (TPSA) is 85.5 Å². The zero-order chi connectivity index (χ0) is 17.8. The van der Waals surface area contributed by atoms with Crippen LogP contribution in [-0.2, 0) is 9.53 Å². The molecular weight excluding hydrogens is 318 g/mol. The van der Waals surface area contributed by atoms with Crippen LogP contribution in [0.1, 0.15) is 55.8 Å². The fourth-order valence-corrected chi connectivity index (χ4v) is 3.40. The monoisotopic (exact) mass is 345 g/mol. The van der Waals surface area contributed by atoms with Crippen LogP contribution < -0.4 is 10.6 Å². The van der Waals surface area contributed by atoms with Crippen LogP contribution in [0.15, 0.2) is 12.3 Å². The molecule has 1 saturated carbocycles. The molecule has 1 aliphatic carbocycles. The zero-order valence-corrected chi connectivity index (χ0v) is 14.9. The minimum Gasteiger partial charge on any atom is -0.466 e. The Morgan fingerprint density at radius 2 is 1.88 bits per heavy atom. The molecule has 136 valence electrons. The van der Waals surface area contributed by atoms with E-state index in [1.807, 2.05) is 6.92 Å². The van der Waals surface area contributed by atoms with E-state index >= 15 is 0 Å². The van der Waals surface area contributed by atoms with Crippen molar-refractivity contribution < 1.29 is 14.3 Å². The Balaban J connectivity index is 1.55. The molecule has 0 amide bonds. The van der Waals surface area contributed by atoms with Gasteiger partial charge in [-0.15, -0.1) is 0 Å². The first kappa shape index (κ1) is 17.7. The molecule has 2 aliphatic rings. The molecular formula is C19H27N3O3. The number of ether oxygens (including phenoxy) is 1. The number of rotatable bonds is 7. The Morgan fingerprint density at radius 3 is 2.48 bits per heavy atom. The molecule has 0 bridgehead atoms. The minimum absolute atomic E-state index is 0.114. The van der Waals surface area contributed by atoms with E-state index < -0.39 is 0 Å². The standard InChI is InChI=1S/C19H27N3O3/c1-2-25-18(24)10-14-5-7-22(8-6-14)19-16(20)11-15(12-21-19)17(23)9-13-3-4-13/h11-14H,2-10,20H2,1H3. The number of nitrogen functional groups attached to an aromatic ring is 1. The molecule has 1 aromatic rings. The first-order valence-corrected chi connectivity index (χ1v) is 9.26. The van der Waals surface area contributed by atoms with E-state index in [1.54, 1.807) is 12.3 Å². The van der Waals surface area contributed by atoms with Crippen molar-refractivity contribution in [1.82, 2.24) is 4.98 Å². The first-order chi connectivity index (χ1) is 12.1. The van der Waals surface area contributed by atoms with Gasteiger partial charge in [0.2, 0.25) is 0 Å². The van der Waals surface area contributed by atoms with Crippen molar-refractivity contribution in [2.75, 3.05) is 30.3 Å². The highest BCUT2D eigenvalue weighted by Crippen LogP contribution is 2.34. The molecule has 1 saturated heterocycles. The summed E-state index contributed by atoms with van der Waals surface area (Å²) in [6, 6.07) is 1.76. The molecule has 0 radical (unpaired) electrons. The van der Waals surface area contributed by atoms with Crippen molar-refractivity contribution in [3.63, 3.8) is 0 Å². The summed E-state index contributed by atoms with van der Waals surface area (Å²) in [6.07, 6.45) is 6.91. The fourth-order valence-electron chi connectivity index (χ4n) is 3.40. The van der Waals surface area contributed by atoms with Crippen molar-refractivity contribution >= 4 is 23.3 Å². The molecule has 0 aromatic carbocycles. The predicted octanol–water partition coefficient (Wildman–Crippen LogP) is 2.82. The smallest absolute Gasteiger partial charge is 0.306 e. The third kappa shape index (κ3) is 4.71. The van der Waals surface area contributed by atoms with E-state index in [9.17, 15) is 9.59 Å². The summed E-state index contributed by atoms with van der Waals surface area (Å²) >= 11 is 0. The summed E-state index contributed by atoms with van der Waals surface area (Å²) in [7, 11) is 0. The highest BCUT2D eigenvalue weighted by atomic mass is 16.5. The van der Waals surface area contributed by atoms with Crippen LogP contribution in [0.3, 0.4) is 0 Å². The number of aromatic nitrogens is 1. The van der Waals surface area contributed by atoms with Crippen molar-refractivity contribution in [2.24, 2.45) is 11.8 Å². The highest BCUT2D eigenvalue weighted by molar-refractivity contribution is 5.97. The van der Waals surface area contributed by atoms with Crippen molar-refractivity contribution in [3.05, 3.63) is 17.8 Å². The quantitative estimate of drug-likeness (QED) is 0.604. The number of carbonyl (C=O) groups excluding carboxylic acids is 2. The Bertz CT molecular complexity index is 635. The molecule has 0 atom stereocenters. The second-order valence-electron chi connectivity index (χ2n) is 7.15. The van der Waals surface area contributed by atoms with Gasteiger partial charge in [0.15, 0.2) is 11.6 Å². The maximum atomic E-state index is 12.2. The van der Waals surface area contributed by atoms with Gasteiger partial charge in [-0.2, -0.15) is 0 Å². The van der Waals surface area contributed by atoms with E-state index in [-0.39, 0.29) is 11.8 Å². The summed E-state index contributed by atoms with van der Waals surface area (Å²) in [4.78, 5) is 30.4. The van der Waals surface area contributed by atoms with E-state index in [1.165, 1.54) is 0 Å². The lowest BCUT2D eigenvalue weighted by molar-refractivity contribution is -0.144. The first-order valence-electron chi connectivity index (χ1n) is 9.26. The van der Waals surface area contributed by atoms with Crippen LogP contribution in [-0.4, -0.2) is 36.4 Å². The molecule has 2 heterocycles. The number of nitrogens with two attached hydrogens (primary N) is 1. The zero-order valence-electron chi connectivity index (χ0n) is 14.9. The van der Waals surface area contributed by atoms with Gasteiger partial charge in [-0.3, -0.25) is 9.59 Å². The lowest BCUT2D eigenvalue weighted by Gasteiger charge is -2.33. The molecule has 6 heteroatoms. The minimum atomic E-state index is -0.114. The van der Waals surface area contributed by atoms with Gasteiger partial charge in [0.05, 0.1) is 12.3 Å². The Kier molecular flexibility index (Phi) is 5.56. The number of Topliss-reactive ketones (excluding diaryl/α,β-unsaturated/α-hetero) is 1. The van der Waals surface area contributed by atoms with Gasteiger partial charge in [-0.1, -0.05) is 0 Å². The molecule has 1 aromatic heterocycles. The van der Waals surface area contributed by atoms with E-state index in [2.05, 4.69) is 9.88 Å². The third-order valence-corrected chi connectivity index (χ3v) is 5.06. The largest absolute Gasteiger partial charge is 0.466 e.